The summed E-state index contributed by atoms with van der Waals surface area (Å²) in [7, 11) is 0. The molecule has 0 bridgehead atoms. The third-order valence-electron chi connectivity index (χ3n) is 5.64. The van der Waals surface area contributed by atoms with E-state index in [1.54, 1.807) is 0 Å². The van der Waals surface area contributed by atoms with Crippen molar-refractivity contribution in [3.63, 3.8) is 0 Å². The molecule has 0 spiro atoms. The van der Waals surface area contributed by atoms with Gasteiger partial charge in [-0.2, -0.15) is 5.10 Å². The van der Waals surface area contributed by atoms with Gasteiger partial charge in [0.25, 0.3) is 5.91 Å². The number of carbonyl (C=O) groups excluding carboxylic acids is 1. The molecule has 1 amide bonds. The molecule has 1 heterocycles. The maximum atomic E-state index is 13.4. The van der Waals surface area contributed by atoms with E-state index in [9.17, 15) is 4.79 Å². The smallest absolute Gasteiger partial charge is 0.256 e. The molecule has 4 rings (SSSR count). The summed E-state index contributed by atoms with van der Waals surface area (Å²) in [4.78, 5) is 13.4. The number of amides is 1. The number of benzene rings is 3. The SMILES string of the molecule is Cc1ccccc1Cn1nc(C)c(NC(=O)/C(=C\c2ccccc2)c2ccccc2)c1C. The Morgan fingerprint density at radius 2 is 1.50 bits per heavy atom. The van der Waals surface area contributed by atoms with Crippen LogP contribution in [0.15, 0.2) is 84.9 Å². The first-order valence-electron chi connectivity index (χ1n) is 10.7. The van der Waals surface area contributed by atoms with E-state index in [1.165, 1.54) is 11.1 Å². The van der Waals surface area contributed by atoms with Crippen molar-refractivity contribution in [2.75, 3.05) is 5.32 Å². The monoisotopic (exact) mass is 421 g/mol. The molecule has 160 valence electrons. The summed E-state index contributed by atoms with van der Waals surface area (Å²) >= 11 is 0. The van der Waals surface area contributed by atoms with Crippen LogP contribution in [0, 0.1) is 20.8 Å². The molecule has 0 aliphatic carbocycles. The summed E-state index contributed by atoms with van der Waals surface area (Å²) in [5.74, 6) is -0.151. The molecule has 0 aliphatic heterocycles. The minimum atomic E-state index is -0.151. The Bertz CT molecular complexity index is 1250. The summed E-state index contributed by atoms with van der Waals surface area (Å²) in [6.45, 7) is 6.70. The van der Waals surface area contributed by atoms with Crippen molar-refractivity contribution in [3.8, 4) is 0 Å². The van der Waals surface area contributed by atoms with E-state index in [-0.39, 0.29) is 5.91 Å². The molecule has 0 aliphatic rings. The second-order valence-corrected chi connectivity index (χ2v) is 7.92. The van der Waals surface area contributed by atoms with E-state index in [4.69, 9.17) is 5.10 Å². The van der Waals surface area contributed by atoms with Gasteiger partial charge in [0.1, 0.15) is 0 Å². The average molecular weight is 422 g/mol. The van der Waals surface area contributed by atoms with Crippen molar-refractivity contribution >= 4 is 23.2 Å². The fourth-order valence-corrected chi connectivity index (χ4v) is 3.78. The highest BCUT2D eigenvalue weighted by Crippen LogP contribution is 2.25. The third-order valence-corrected chi connectivity index (χ3v) is 5.64. The fourth-order valence-electron chi connectivity index (χ4n) is 3.78. The molecular weight excluding hydrogens is 394 g/mol. The minimum Gasteiger partial charge on any atom is -0.319 e. The van der Waals surface area contributed by atoms with Gasteiger partial charge in [-0.05, 0) is 49.1 Å². The first-order valence-corrected chi connectivity index (χ1v) is 10.7. The Hall–Kier alpha value is -3.92. The highest BCUT2D eigenvalue weighted by atomic mass is 16.1. The van der Waals surface area contributed by atoms with Gasteiger partial charge in [0.05, 0.1) is 23.6 Å². The fraction of sp³-hybridized carbons (Fsp3) is 0.143. The summed E-state index contributed by atoms with van der Waals surface area (Å²) in [6, 6.07) is 27.9. The normalized spacial score (nSPS) is 11.4. The van der Waals surface area contributed by atoms with E-state index >= 15 is 0 Å². The highest BCUT2D eigenvalue weighted by molar-refractivity contribution is 6.29. The number of rotatable bonds is 6. The second kappa shape index (κ2) is 9.48. The number of hydrogen-bond acceptors (Lipinski definition) is 2. The predicted molar refractivity (Wildman–Crippen MR) is 131 cm³/mol. The highest BCUT2D eigenvalue weighted by Gasteiger charge is 2.18. The lowest BCUT2D eigenvalue weighted by atomic mass is 10.0. The van der Waals surface area contributed by atoms with Gasteiger partial charge in [-0.3, -0.25) is 9.48 Å². The predicted octanol–water partition coefficient (Wildman–Crippen LogP) is 6.04. The molecular formula is C28H27N3O. The van der Waals surface area contributed by atoms with Crippen LogP contribution < -0.4 is 5.32 Å². The Balaban J connectivity index is 1.65. The standard InChI is InChI=1S/C28H27N3O/c1-20-12-10-11-17-25(20)19-31-22(3)27(21(2)30-31)29-28(32)26(24-15-8-5-9-16-24)18-23-13-6-4-7-14-23/h4-18H,19H2,1-3H3,(H,29,32)/b26-18-. The maximum absolute atomic E-state index is 13.4. The van der Waals surface area contributed by atoms with Gasteiger partial charge in [-0.1, -0.05) is 84.9 Å². The van der Waals surface area contributed by atoms with Crippen LogP contribution in [0.3, 0.4) is 0 Å². The lowest BCUT2D eigenvalue weighted by Crippen LogP contribution is -2.15. The van der Waals surface area contributed by atoms with Crippen molar-refractivity contribution in [1.29, 1.82) is 0 Å². The summed E-state index contributed by atoms with van der Waals surface area (Å²) in [5, 5.41) is 7.83. The molecule has 0 unspecified atom stereocenters. The zero-order valence-corrected chi connectivity index (χ0v) is 18.7. The number of nitrogens with zero attached hydrogens (tertiary/aromatic N) is 2. The number of aryl methyl sites for hydroxylation is 2. The van der Waals surface area contributed by atoms with E-state index in [2.05, 4.69) is 24.4 Å². The summed E-state index contributed by atoms with van der Waals surface area (Å²) in [6.07, 6.45) is 1.92. The van der Waals surface area contributed by atoms with Gasteiger partial charge in [0, 0.05) is 5.57 Å². The molecule has 0 saturated carbocycles. The van der Waals surface area contributed by atoms with Crippen LogP contribution in [0.4, 0.5) is 5.69 Å². The Labute approximate surface area is 189 Å². The summed E-state index contributed by atoms with van der Waals surface area (Å²) in [5.41, 5.74) is 7.40. The van der Waals surface area contributed by atoms with Crippen molar-refractivity contribution in [2.45, 2.75) is 27.3 Å². The Morgan fingerprint density at radius 3 is 2.19 bits per heavy atom. The number of carbonyl (C=O) groups is 1. The summed E-state index contributed by atoms with van der Waals surface area (Å²) < 4.78 is 1.95. The maximum Gasteiger partial charge on any atom is 0.256 e. The van der Waals surface area contributed by atoms with Crippen LogP contribution >= 0.6 is 0 Å². The van der Waals surface area contributed by atoms with E-state index in [0.717, 1.165) is 28.2 Å². The topological polar surface area (TPSA) is 46.9 Å². The molecule has 0 radical (unpaired) electrons. The van der Waals surface area contributed by atoms with Gasteiger partial charge < -0.3 is 5.32 Å². The molecule has 3 aromatic carbocycles. The van der Waals surface area contributed by atoms with Gasteiger partial charge in [-0.25, -0.2) is 0 Å². The first kappa shape index (κ1) is 21.3. The van der Waals surface area contributed by atoms with Crippen molar-refractivity contribution in [1.82, 2.24) is 9.78 Å². The number of aromatic nitrogens is 2. The largest absolute Gasteiger partial charge is 0.319 e. The van der Waals surface area contributed by atoms with Gasteiger partial charge in [-0.15, -0.1) is 0 Å². The van der Waals surface area contributed by atoms with Crippen LogP contribution in [-0.2, 0) is 11.3 Å². The van der Waals surface area contributed by atoms with Crippen LogP contribution in [0.1, 0.15) is 33.6 Å². The minimum absolute atomic E-state index is 0.151. The van der Waals surface area contributed by atoms with E-state index in [1.807, 2.05) is 97.4 Å². The molecule has 4 aromatic rings. The second-order valence-electron chi connectivity index (χ2n) is 7.92. The van der Waals surface area contributed by atoms with Crippen LogP contribution in [0.5, 0.6) is 0 Å². The van der Waals surface area contributed by atoms with Crippen molar-refractivity contribution in [3.05, 3.63) is 119 Å². The third kappa shape index (κ3) is 4.70. The molecule has 4 heteroatoms. The number of nitrogens with one attached hydrogen (secondary N) is 1. The zero-order valence-electron chi connectivity index (χ0n) is 18.7. The van der Waals surface area contributed by atoms with Gasteiger partial charge in [0.2, 0.25) is 0 Å². The molecule has 4 nitrogen and oxygen atoms in total. The van der Waals surface area contributed by atoms with Crippen LogP contribution in [-0.4, -0.2) is 15.7 Å². The number of anilines is 1. The Morgan fingerprint density at radius 1 is 0.875 bits per heavy atom. The van der Waals surface area contributed by atoms with E-state index in [0.29, 0.717) is 12.1 Å². The molecule has 0 saturated heterocycles. The molecule has 0 fully saturated rings. The van der Waals surface area contributed by atoms with Gasteiger partial charge in [0.15, 0.2) is 0 Å². The van der Waals surface area contributed by atoms with E-state index < -0.39 is 0 Å². The van der Waals surface area contributed by atoms with Gasteiger partial charge >= 0.3 is 0 Å². The van der Waals surface area contributed by atoms with Crippen LogP contribution in [0.2, 0.25) is 0 Å². The molecule has 32 heavy (non-hydrogen) atoms. The van der Waals surface area contributed by atoms with Crippen molar-refractivity contribution in [2.24, 2.45) is 0 Å². The molecule has 1 N–H and O–H groups in total. The quantitative estimate of drug-likeness (QED) is 0.305. The Kier molecular flexibility index (Phi) is 6.31. The number of hydrogen-bond donors (Lipinski definition) is 1. The molecule has 0 atom stereocenters. The van der Waals surface area contributed by atoms with Crippen LogP contribution in [0.25, 0.3) is 11.6 Å². The first-order chi connectivity index (χ1) is 15.5. The zero-order chi connectivity index (χ0) is 22.5. The molecule has 1 aromatic heterocycles. The lowest BCUT2D eigenvalue weighted by molar-refractivity contribution is -0.111. The van der Waals surface area contributed by atoms with Crippen molar-refractivity contribution < 1.29 is 4.79 Å². The lowest BCUT2D eigenvalue weighted by Gasteiger charge is -2.11. The average Bonchev–Trinajstić information content (AvgIpc) is 3.07.